The molecule has 3 aromatic rings. The molecule has 8 heteroatoms. The van der Waals surface area contributed by atoms with Crippen LogP contribution >= 0.6 is 24.0 Å². The van der Waals surface area contributed by atoms with Crippen LogP contribution in [0.5, 0.6) is 11.5 Å². The normalized spacial score (nSPS) is 15.1. The van der Waals surface area contributed by atoms with Crippen molar-refractivity contribution in [3.05, 3.63) is 100.0 Å². The lowest BCUT2D eigenvalue weighted by molar-refractivity contribution is -0.148. The van der Waals surface area contributed by atoms with Crippen molar-refractivity contribution in [2.24, 2.45) is 0 Å². The van der Waals surface area contributed by atoms with E-state index in [4.69, 9.17) is 26.4 Å². The number of aryl methyl sites for hydroxylation is 1. The maximum absolute atomic E-state index is 13.4. The Hall–Kier alpha value is -3.62. The number of carbonyl (C=O) groups excluding carboxylic acids is 2. The molecule has 0 spiro atoms. The summed E-state index contributed by atoms with van der Waals surface area (Å²) in [5, 5.41) is 0. The molecule has 1 atom stereocenters. The molecule has 6 nitrogen and oxygen atoms in total. The maximum atomic E-state index is 13.4. The molecule has 1 saturated heterocycles. The summed E-state index contributed by atoms with van der Waals surface area (Å²) in [6.07, 6.45) is 1.74. The molecule has 0 N–H and O–H groups in total. The summed E-state index contributed by atoms with van der Waals surface area (Å²) in [4.78, 5) is 27.8. The van der Waals surface area contributed by atoms with Crippen LogP contribution in [0.25, 0.3) is 6.08 Å². The molecule has 1 aliphatic heterocycles. The predicted molar refractivity (Wildman–Crippen MR) is 149 cm³/mol. The van der Waals surface area contributed by atoms with Gasteiger partial charge in [0.15, 0.2) is 17.5 Å². The van der Waals surface area contributed by atoms with Crippen LogP contribution in [0.3, 0.4) is 0 Å². The van der Waals surface area contributed by atoms with Crippen molar-refractivity contribution in [3.8, 4) is 11.5 Å². The van der Waals surface area contributed by atoms with Gasteiger partial charge < -0.3 is 14.2 Å². The van der Waals surface area contributed by atoms with E-state index in [-0.39, 0.29) is 5.91 Å². The molecule has 190 valence electrons. The number of hydrogen-bond donors (Lipinski definition) is 0. The number of amides is 1. The summed E-state index contributed by atoms with van der Waals surface area (Å²) in [7, 11) is 1.30. The lowest BCUT2D eigenvalue weighted by Crippen LogP contribution is -2.37. The first-order valence-corrected chi connectivity index (χ1v) is 13.0. The van der Waals surface area contributed by atoms with Crippen molar-refractivity contribution in [1.82, 2.24) is 4.90 Å². The highest BCUT2D eigenvalue weighted by Crippen LogP contribution is 2.39. The Kier molecular flexibility index (Phi) is 8.63. The van der Waals surface area contributed by atoms with Crippen molar-refractivity contribution in [2.75, 3.05) is 13.7 Å². The predicted octanol–water partition coefficient (Wildman–Crippen LogP) is 6.09. The number of nitrogens with zero attached hydrogens (tertiary/aromatic N) is 1. The molecule has 0 saturated carbocycles. The molecular weight excluding hydrogens is 506 g/mol. The first-order chi connectivity index (χ1) is 17.9. The second-order valence-electron chi connectivity index (χ2n) is 8.30. The van der Waals surface area contributed by atoms with Crippen molar-refractivity contribution < 1.29 is 23.8 Å². The molecule has 1 heterocycles. The van der Waals surface area contributed by atoms with E-state index < -0.39 is 12.0 Å². The van der Waals surface area contributed by atoms with Gasteiger partial charge in [-0.15, -0.1) is 0 Å². The molecule has 1 unspecified atom stereocenters. The minimum atomic E-state index is -0.957. The SMILES string of the molecule is CCOc1cc(/C=C2\SC(=S)N(C(C(=O)OC)c3ccccc3)C2=O)ccc1OCc1ccc(C)cc1. The smallest absolute Gasteiger partial charge is 0.333 e. The lowest BCUT2D eigenvalue weighted by atomic mass is 10.1. The third kappa shape index (κ3) is 6.21. The summed E-state index contributed by atoms with van der Waals surface area (Å²) in [6.45, 7) is 4.82. The Morgan fingerprint density at radius 2 is 1.76 bits per heavy atom. The van der Waals surface area contributed by atoms with E-state index >= 15 is 0 Å². The van der Waals surface area contributed by atoms with Crippen LogP contribution in [0.4, 0.5) is 0 Å². The van der Waals surface area contributed by atoms with Crippen LogP contribution in [-0.4, -0.2) is 34.8 Å². The van der Waals surface area contributed by atoms with E-state index in [2.05, 4.69) is 0 Å². The van der Waals surface area contributed by atoms with Gasteiger partial charge in [0.25, 0.3) is 5.91 Å². The number of benzene rings is 3. The van der Waals surface area contributed by atoms with E-state index in [1.165, 1.54) is 17.6 Å². The largest absolute Gasteiger partial charge is 0.490 e. The minimum Gasteiger partial charge on any atom is -0.490 e. The van der Waals surface area contributed by atoms with Gasteiger partial charge in [-0.3, -0.25) is 9.69 Å². The van der Waals surface area contributed by atoms with Crippen molar-refractivity contribution >= 4 is 46.3 Å². The summed E-state index contributed by atoms with van der Waals surface area (Å²) in [5.41, 5.74) is 3.62. The minimum absolute atomic E-state index is 0.290. The number of thioether (sulfide) groups is 1. The molecule has 1 aliphatic rings. The summed E-state index contributed by atoms with van der Waals surface area (Å²) >= 11 is 6.65. The molecular formula is C29H27NO5S2. The first-order valence-electron chi connectivity index (χ1n) is 11.8. The van der Waals surface area contributed by atoms with Gasteiger partial charge in [0.1, 0.15) is 10.9 Å². The summed E-state index contributed by atoms with van der Waals surface area (Å²) in [6, 6.07) is 21.7. The Balaban J connectivity index is 1.57. The van der Waals surface area contributed by atoms with E-state index in [1.54, 1.807) is 30.3 Å². The van der Waals surface area contributed by atoms with Gasteiger partial charge >= 0.3 is 5.97 Å². The number of methoxy groups -OCH3 is 1. The molecule has 0 aromatic heterocycles. The van der Waals surface area contributed by atoms with E-state index in [1.807, 2.05) is 62.4 Å². The van der Waals surface area contributed by atoms with Crippen LogP contribution in [-0.2, 0) is 20.9 Å². The Morgan fingerprint density at radius 1 is 1.03 bits per heavy atom. The van der Waals surface area contributed by atoms with Crippen LogP contribution in [0, 0.1) is 6.92 Å². The molecule has 0 aliphatic carbocycles. The fourth-order valence-corrected chi connectivity index (χ4v) is 5.15. The van der Waals surface area contributed by atoms with Gasteiger partial charge in [0, 0.05) is 0 Å². The highest BCUT2D eigenvalue weighted by atomic mass is 32.2. The topological polar surface area (TPSA) is 65.1 Å². The highest BCUT2D eigenvalue weighted by Gasteiger charge is 2.41. The number of rotatable bonds is 9. The number of ether oxygens (including phenoxy) is 3. The molecule has 0 bridgehead atoms. The van der Waals surface area contributed by atoms with E-state index in [0.717, 1.165) is 22.9 Å². The lowest BCUT2D eigenvalue weighted by Gasteiger charge is -2.24. The number of hydrogen-bond acceptors (Lipinski definition) is 7. The van der Waals surface area contributed by atoms with Crippen molar-refractivity contribution in [1.29, 1.82) is 0 Å². The van der Waals surface area contributed by atoms with Crippen LogP contribution in [0.15, 0.2) is 77.7 Å². The fourth-order valence-electron chi connectivity index (χ4n) is 3.84. The first kappa shape index (κ1) is 26.4. The Bertz CT molecular complexity index is 1320. The zero-order valence-corrected chi connectivity index (χ0v) is 22.4. The van der Waals surface area contributed by atoms with Crippen LogP contribution < -0.4 is 9.47 Å². The third-order valence-corrected chi connectivity index (χ3v) is 7.03. The second-order valence-corrected chi connectivity index (χ2v) is 9.98. The van der Waals surface area contributed by atoms with Crippen LogP contribution in [0.2, 0.25) is 0 Å². The standard InChI is InChI=1S/C29H27NO5S2/c1-4-34-24-16-21(14-15-23(24)35-18-20-12-10-19(2)11-13-20)17-25-27(31)30(29(36)37-25)26(28(32)33-3)22-8-6-5-7-9-22/h5-17,26H,4,18H2,1-3H3/b25-17-. The average molecular weight is 534 g/mol. The van der Waals surface area contributed by atoms with Crippen LogP contribution in [0.1, 0.15) is 35.2 Å². The molecule has 3 aromatic carbocycles. The number of esters is 1. The zero-order valence-electron chi connectivity index (χ0n) is 20.8. The maximum Gasteiger partial charge on any atom is 0.333 e. The molecule has 4 rings (SSSR count). The molecule has 0 radical (unpaired) electrons. The summed E-state index contributed by atoms with van der Waals surface area (Å²) in [5.74, 6) is 0.280. The Morgan fingerprint density at radius 3 is 2.43 bits per heavy atom. The average Bonchev–Trinajstić information content (AvgIpc) is 3.18. The van der Waals surface area contributed by atoms with Crippen molar-refractivity contribution in [3.63, 3.8) is 0 Å². The Labute approximate surface area is 226 Å². The number of thiocarbonyl (C=S) groups is 1. The quantitative estimate of drug-likeness (QED) is 0.187. The monoisotopic (exact) mass is 533 g/mol. The molecule has 1 amide bonds. The van der Waals surface area contributed by atoms with Gasteiger partial charge in [0.2, 0.25) is 0 Å². The van der Waals surface area contributed by atoms with Gasteiger partial charge in [-0.05, 0) is 48.7 Å². The third-order valence-electron chi connectivity index (χ3n) is 5.70. The van der Waals surface area contributed by atoms with Gasteiger partial charge in [0.05, 0.1) is 18.6 Å². The second kappa shape index (κ2) is 12.1. The summed E-state index contributed by atoms with van der Waals surface area (Å²) < 4.78 is 17.1. The van der Waals surface area contributed by atoms with Crippen molar-refractivity contribution in [2.45, 2.75) is 26.5 Å². The zero-order chi connectivity index (χ0) is 26.4. The van der Waals surface area contributed by atoms with E-state index in [9.17, 15) is 9.59 Å². The van der Waals surface area contributed by atoms with Gasteiger partial charge in [-0.2, -0.15) is 0 Å². The van der Waals surface area contributed by atoms with Gasteiger partial charge in [-0.25, -0.2) is 4.79 Å². The fraction of sp³-hybridized carbons (Fsp3) is 0.207. The number of carbonyl (C=O) groups is 2. The highest BCUT2D eigenvalue weighted by molar-refractivity contribution is 8.26. The molecule has 1 fully saturated rings. The van der Waals surface area contributed by atoms with Gasteiger partial charge in [-0.1, -0.05) is 90.2 Å². The van der Waals surface area contributed by atoms with E-state index in [0.29, 0.717) is 39.5 Å². The molecule has 37 heavy (non-hydrogen) atoms.